The lowest BCUT2D eigenvalue weighted by Gasteiger charge is -2.34. The molecule has 1 aromatic heterocycles. The second-order valence-corrected chi connectivity index (χ2v) is 7.71. The lowest BCUT2D eigenvalue weighted by molar-refractivity contribution is -0.127. The van der Waals surface area contributed by atoms with E-state index in [1.807, 2.05) is 5.43 Å². The van der Waals surface area contributed by atoms with Crippen molar-refractivity contribution in [1.29, 1.82) is 0 Å². The summed E-state index contributed by atoms with van der Waals surface area (Å²) in [5.41, 5.74) is 3.68. The van der Waals surface area contributed by atoms with Gasteiger partial charge in [0.15, 0.2) is 0 Å². The highest BCUT2D eigenvalue weighted by atomic mass is 19.1. The Kier molecular flexibility index (Phi) is 6.44. The van der Waals surface area contributed by atoms with E-state index >= 15 is 0 Å². The van der Waals surface area contributed by atoms with Crippen molar-refractivity contribution < 1.29 is 33.5 Å². The molecule has 2 heterocycles. The van der Waals surface area contributed by atoms with Gasteiger partial charge in [-0.3, -0.25) is 24.6 Å². The maximum absolute atomic E-state index is 14.6. The lowest BCUT2D eigenvalue weighted by Crippen LogP contribution is -2.52. The molecule has 0 saturated carbocycles. The van der Waals surface area contributed by atoms with Gasteiger partial charge in [-0.05, 0) is 24.3 Å². The van der Waals surface area contributed by atoms with Crippen LogP contribution in [0.5, 0.6) is 0 Å². The standard InChI is InChI=1S/C23H20FN5O6/c24-16-7-6-14(20(31)26-27-23(34)35)18-17(16)15(12-25-18)19(30)22(33)29-10-8-28(9-11-29)21(32)13-4-2-1-3-5-13/h1-7,12,25,27H,8-11H2,(H,26,31)(H,34,35). The van der Waals surface area contributed by atoms with Crippen LogP contribution in [-0.2, 0) is 4.79 Å². The first-order valence-corrected chi connectivity index (χ1v) is 10.5. The predicted molar refractivity (Wildman–Crippen MR) is 120 cm³/mol. The molecule has 0 radical (unpaired) electrons. The van der Waals surface area contributed by atoms with Crippen LogP contribution in [-0.4, -0.2) is 75.7 Å². The Morgan fingerprint density at radius 2 is 1.51 bits per heavy atom. The van der Waals surface area contributed by atoms with Crippen molar-refractivity contribution in [3.63, 3.8) is 0 Å². The number of carbonyl (C=O) groups excluding carboxylic acids is 4. The largest absolute Gasteiger partial charge is 0.464 e. The van der Waals surface area contributed by atoms with Crippen LogP contribution in [0.4, 0.5) is 9.18 Å². The van der Waals surface area contributed by atoms with E-state index in [0.717, 1.165) is 18.3 Å². The number of halogens is 1. The zero-order valence-electron chi connectivity index (χ0n) is 18.2. The third-order valence-corrected chi connectivity index (χ3v) is 5.63. The number of nitrogens with one attached hydrogen (secondary N) is 3. The van der Waals surface area contributed by atoms with Gasteiger partial charge in [0.05, 0.1) is 16.6 Å². The van der Waals surface area contributed by atoms with Gasteiger partial charge >= 0.3 is 6.09 Å². The van der Waals surface area contributed by atoms with Crippen molar-refractivity contribution in [1.82, 2.24) is 25.6 Å². The maximum Gasteiger partial charge on any atom is 0.423 e. The minimum atomic E-state index is -1.50. The number of hydrogen-bond donors (Lipinski definition) is 4. The molecule has 0 aliphatic carbocycles. The number of ketones is 1. The molecule has 180 valence electrons. The molecule has 1 fully saturated rings. The summed E-state index contributed by atoms with van der Waals surface area (Å²) in [6.45, 7) is 0.719. The molecule has 0 atom stereocenters. The number of nitrogens with zero attached hydrogens (tertiary/aromatic N) is 2. The molecule has 4 rings (SSSR count). The highest BCUT2D eigenvalue weighted by Gasteiger charge is 2.31. The molecular formula is C23H20FN5O6. The van der Waals surface area contributed by atoms with Gasteiger partial charge in [0.1, 0.15) is 5.82 Å². The van der Waals surface area contributed by atoms with Crippen LogP contribution in [0.15, 0.2) is 48.7 Å². The van der Waals surface area contributed by atoms with Gasteiger partial charge in [0.2, 0.25) is 0 Å². The van der Waals surface area contributed by atoms with Crippen molar-refractivity contribution >= 4 is 40.5 Å². The van der Waals surface area contributed by atoms with Gasteiger partial charge in [-0.25, -0.2) is 14.6 Å². The highest BCUT2D eigenvalue weighted by Crippen LogP contribution is 2.26. The predicted octanol–water partition coefficient (Wildman–Crippen LogP) is 1.39. The molecule has 35 heavy (non-hydrogen) atoms. The van der Waals surface area contributed by atoms with Crippen LogP contribution in [0.3, 0.4) is 0 Å². The molecule has 0 spiro atoms. The highest BCUT2D eigenvalue weighted by molar-refractivity contribution is 6.45. The summed E-state index contributed by atoms with van der Waals surface area (Å²) >= 11 is 0. The molecule has 2 aromatic carbocycles. The van der Waals surface area contributed by atoms with Crippen molar-refractivity contribution in [2.45, 2.75) is 0 Å². The topological polar surface area (TPSA) is 152 Å². The van der Waals surface area contributed by atoms with Crippen LogP contribution < -0.4 is 10.9 Å². The van der Waals surface area contributed by atoms with Gasteiger partial charge < -0.3 is 19.9 Å². The number of aromatic amines is 1. The Labute approximate surface area is 197 Å². The number of rotatable bonds is 4. The van der Waals surface area contributed by atoms with Crippen molar-refractivity contribution in [3.8, 4) is 0 Å². The van der Waals surface area contributed by atoms with E-state index in [1.165, 1.54) is 4.90 Å². The minimum absolute atomic E-state index is 0.0656. The van der Waals surface area contributed by atoms with Crippen molar-refractivity contribution in [3.05, 3.63) is 71.2 Å². The number of aromatic nitrogens is 1. The summed E-state index contributed by atoms with van der Waals surface area (Å²) in [7, 11) is 0. The molecule has 11 nitrogen and oxygen atoms in total. The van der Waals surface area contributed by atoms with Crippen LogP contribution >= 0.6 is 0 Å². The smallest absolute Gasteiger partial charge is 0.423 e. The number of Topliss-reactive ketones (excluding diaryl/α,β-unsaturated/α-hetero) is 1. The van der Waals surface area contributed by atoms with Crippen LogP contribution in [0.2, 0.25) is 0 Å². The first-order chi connectivity index (χ1) is 16.8. The summed E-state index contributed by atoms with van der Waals surface area (Å²) in [5.74, 6) is -3.73. The Hall–Kier alpha value is -4.74. The number of amides is 4. The van der Waals surface area contributed by atoms with E-state index < -0.39 is 29.5 Å². The summed E-state index contributed by atoms with van der Waals surface area (Å²) in [6, 6.07) is 10.8. The third kappa shape index (κ3) is 4.67. The number of carbonyl (C=O) groups is 5. The molecule has 4 N–H and O–H groups in total. The Morgan fingerprint density at radius 1 is 0.857 bits per heavy atom. The lowest BCUT2D eigenvalue weighted by atomic mass is 10.0. The van der Waals surface area contributed by atoms with Gasteiger partial charge in [0, 0.05) is 43.3 Å². The fourth-order valence-corrected chi connectivity index (χ4v) is 3.89. The first kappa shape index (κ1) is 23.4. The minimum Gasteiger partial charge on any atom is -0.464 e. The summed E-state index contributed by atoms with van der Waals surface area (Å²) < 4.78 is 14.6. The van der Waals surface area contributed by atoms with Crippen LogP contribution in [0, 0.1) is 5.82 Å². The van der Waals surface area contributed by atoms with Crippen LogP contribution in [0.25, 0.3) is 10.9 Å². The molecule has 12 heteroatoms. The van der Waals surface area contributed by atoms with Gasteiger partial charge in [-0.2, -0.15) is 0 Å². The Morgan fingerprint density at radius 3 is 2.17 bits per heavy atom. The van der Waals surface area contributed by atoms with E-state index in [2.05, 4.69) is 4.98 Å². The van der Waals surface area contributed by atoms with Gasteiger partial charge in [0.25, 0.3) is 23.5 Å². The number of hydrazine groups is 1. The molecule has 1 saturated heterocycles. The molecule has 1 aliphatic heterocycles. The average Bonchev–Trinajstić information content (AvgIpc) is 3.33. The number of H-pyrrole nitrogens is 1. The zero-order valence-corrected chi connectivity index (χ0v) is 18.2. The zero-order chi connectivity index (χ0) is 25.1. The normalized spacial score (nSPS) is 13.4. The van der Waals surface area contributed by atoms with Crippen molar-refractivity contribution in [2.24, 2.45) is 0 Å². The fourth-order valence-electron chi connectivity index (χ4n) is 3.89. The monoisotopic (exact) mass is 481 g/mol. The Bertz CT molecular complexity index is 1330. The van der Waals surface area contributed by atoms with Crippen LogP contribution in [0.1, 0.15) is 31.1 Å². The van der Waals surface area contributed by atoms with Gasteiger partial charge in [-0.15, -0.1) is 0 Å². The van der Waals surface area contributed by atoms with E-state index in [1.54, 1.807) is 40.7 Å². The van der Waals surface area contributed by atoms with E-state index in [0.29, 0.717) is 5.56 Å². The summed E-state index contributed by atoms with van der Waals surface area (Å²) in [6.07, 6.45) is -0.375. The fraction of sp³-hybridized carbons (Fsp3) is 0.174. The SMILES string of the molecule is O=C(O)NNC(=O)c1ccc(F)c2c(C(=O)C(=O)N3CCN(C(=O)c4ccccc4)CC3)c[nH]c12. The number of hydrogen-bond acceptors (Lipinski definition) is 5. The number of fused-ring (bicyclic) bond motifs is 1. The van der Waals surface area contributed by atoms with Crippen molar-refractivity contribution in [2.75, 3.05) is 26.2 Å². The number of carboxylic acid groups (broad SMARTS) is 1. The molecule has 4 amide bonds. The second-order valence-electron chi connectivity index (χ2n) is 7.71. The van der Waals surface area contributed by atoms with Gasteiger partial charge in [-0.1, -0.05) is 18.2 Å². The van der Waals surface area contributed by atoms with E-state index in [9.17, 15) is 28.4 Å². The second kappa shape index (κ2) is 9.63. The molecular weight excluding hydrogens is 461 g/mol. The summed E-state index contributed by atoms with van der Waals surface area (Å²) in [5, 5.41) is 8.37. The number of piperazine rings is 1. The quantitative estimate of drug-likeness (QED) is 0.251. The first-order valence-electron chi connectivity index (χ1n) is 10.5. The third-order valence-electron chi connectivity index (χ3n) is 5.63. The Balaban J connectivity index is 1.49. The number of benzene rings is 2. The molecule has 0 bridgehead atoms. The van der Waals surface area contributed by atoms with E-state index in [-0.39, 0.29) is 54.1 Å². The molecule has 1 aliphatic rings. The summed E-state index contributed by atoms with van der Waals surface area (Å²) in [4.78, 5) is 66.8. The average molecular weight is 481 g/mol. The molecule has 0 unspecified atom stereocenters. The maximum atomic E-state index is 14.6. The molecule has 3 aromatic rings. The van der Waals surface area contributed by atoms with E-state index in [4.69, 9.17) is 5.11 Å².